The van der Waals surface area contributed by atoms with Crippen LogP contribution in [-0.2, 0) is 11.2 Å². The molecule has 0 saturated carbocycles. The first kappa shape index (κ1) is 21.8. The third kappa shape index (κ3) is 6.30. The fourth-order valence-electron chi connectivity index (χ4n) is 2.60. The number of aryl methyl sites for hydroxylation is 1. The molecule has 3 rings (SSSR count). The number of ether oxygens (including phenoxy) is 1. The van der Waals surface area contributed by atoms with Crippen LogP contribution in [0.5, 0.6) is 5.75 Å². The number of anilines is 1. The maximum absolute atomic E-state index is 13.0. The minimum atomic E-state index is -4.53. The van der Waals surface area contributed by atoms with Crippen molar-refractivity contribution in [3.8, 4) is 23.1 Å². The molecular weight excluding hydrogens is 418 g/mol. The second-order valence-corrected chi connectivity index (χ2v) is 6.40. The van der Waals surface area contributed by atoms with Gasteiger partial charge in [0.2, 0.25) is 5.91 Å². The van der Waals surface area contributed by atoms with Crippen molar-refractivity contribution in [3.05, 3.63) is 65.9 Å². The van der Waals surface area contributed by atoms with Crippen LogP contribution in [0.25, 0.3) is 11.3 Å². The lowest BCUT2D eigenvalue weighted by Crippen LogP contribution is -2.19. The SMILES string of the molecule is N#Cc1cc(NC(=O)CCc2ncc(-c3ccc(F)cc3)o2)ccc1OCC(F)(F)F. The first-order valence-electron chi connectivity index (χ1n) is 8.98. The molecule has 0 fully saturated rings. The van der Waals surface area contributed by atoms with Crippen molar-refractivity contribution in [2.45, 2.75) is 19.0 Å². The summed E-state index contributed by atoms with van der Waals surface area (Å²) in [5.74, 6) is -0.272. The van der Waals surface area contributed by atoms with E-state index in [1.165, 1.54) is 36.5 Å². The predicted molar refractivity (Wildman–Crippen MR) is 102 cm³/mol. The zero-order valence-corrected chi connectivity index (χ0v) is 15.9. The van der Waals surface area contributed by atoms with Crippen LogP contribution in [0.1, 0.15) is 17.9 Å². The number of hydrogen-bond acceptors (Lipinski definition) is 5. The molecule has 0 aliphatic rings. The summed E-state index contributed by atoms with van der Waals surface area (Å²) in [5.41, 5.74) is 0.737. The van der Waals surface area contributed by atoms with Crippen LogP contribution in [0.15, 0.2) is 53.1 Å². The lowest BCUT2D eigenvalue weighted by atomic mass is 10.2. The second-order valence-electron chi connectivity index (χ2n) is 6.40. The molecule has 6 nitrogen and oxygen atoms in total. The Labute approximate surface area is 174 Å². The molecular formula is C21H15F4N3O3. The highest BCUT2D eigenvalue weighted by atomic mass is 19.4. The normalized spacial score (nSPS) is 11.1. The van der Waals surface area contributed by atoms with Gasteiger partial charge in [-0.2, -0.15) is 18.4 Å². The highest BCUT2D eigenvalue weighted by Gasteiger charge is 2.28. The van der Waals surface area contributed by atoms with E-state index in [1.807, 2.05) is 0 Å². The largest absolute Gasteiger partial charge is 0.483 e. The number of carbonyl (C=O) groups is 1. The first-order valence-corrected chi connectivity index (χ1v) is 8.98. The zero-order valence-electron chi connectivity index (χ0n) is 15.9. The molecule has 0 saturated heterocycles. The van der Waals surface area contributed by atoms with Crippen LogP contribution >= 0.6 is 0 Å². The van der Waals surface area contributed by atoms with Gasteiger partial charge in [-0.15, -0.1) is 0 Å². The Morgan fingerprint density at radius 2 is 1.94 bits per heavy atom. The maximum atomic E-state index is 13.0. The van der Waals surface area contributed by atoms with Gasteiger partial charge in [-0.1, -0.05) is 0 Å². The number of oxazole rings is 1. The highest BCUT2D eigenvalue weighted by molar-refractivity contribution is 5.91. The first-order chi connectivity index (χ1) is 14.7. The zero-order chi connectivity index (χ0) is 22.4. The molecule has 0 spiro atoms. The summed E-state index contributed by atoms with van der Waals surface area (Å²) in [6, 6.07) is 11.1. The Balaban J connectivity index is 1.56. The number of nitrogens with one attached hydrogen (secondary N) is 1. The van der Waals surface area contributed by atoms with Crippen molar-refractivity contribution < 1.29 is 31.5 Å². The number of halogens is 4. The lowest BCUT2D eigenvalue weighted by Gasteiger charge is -2.11. The molecule has 160 valence electrons. The second kappa shape index (κ2) is 9.30. The molecule has 1 amide bonds. The van der Waals surface area contributed by atoms with E-state index in [4.69, 9.17) is 9.68 Å². The summed E-state index contributed by atoms with van der Waals surface area (Å²) >= 11 is 0. The van der Waals surface area contributed by atoms with Gasteiger partial charge < -0.3 is 14.5 Å². The molecule has 0 atom stereocenters. The number of aromatic nitrogens is 1. The average molecular weight is 433 g/mol. The van der Waals surface area contributed by atoms with Gasteiger partial charge in [-0.25, -0.2) is 9.37 Å². The van der Waals surface area contributed by atoms with E-state index in [-0.39, 0.29) is 35.7 Å². The van der Waals surface area contributed by atoms with Crippen LogP contribution in [0.3, 0.4) is 0 Å². The number of hydrogen-bond donors (Lipinski definition) is 1. The number of nitrogens with zero attached hydrogens (tertiary/aromatic N) is 2. The molecule has 3 aromatic rings. The Hall–Kier alpha value is -3.87. The summed E-state index contributed by atoms with van der Waals surface area (Å²) in [6.45, 7) is -1.52. The smallest absolute Gasteiger partial charge is 0.422 e. The van der Waals surface area contributed by atoms with Crippen LogP contribution in [0, 0.1) is 17.1 Å². The van der Waals surface area contributed by atoms with Crippen LogP contribution in [-0.4, -0.2) is 23.7 Å². The van der Waals surface area contributed by atoms with E-state index < -0.39 is 18.7 Å². The van der Waals surface area contributed by atoms with Crippen molar-refractivity contribution in [2.24, 2.45) is 0 Å². The third-order valence-corrected chi connectivity index (χ3v) is 4.02. The van der Waals surface area contributed by atoms with Crippen LogP contribution < -0.4 is 10.1 Å². The van der Waals surface area contributed by atoms with Crippen molar-refractivity contribution >= 4 is 11.6 Å². The fraction of sp³-hybridized carbons (Fsp3) is 0.190. The number of rotatable bonds is 7. The van der Waals surface area contributed by atoms with Gasteiger partial charge in [0, 0.05) is 24.1 Å². The van der Waals surface area contributed by atoms with Crippen molar-refractivity contribution in [1.29, 1.82) is 5.26 Å². The standard InChI is InChI=1S/C21H15F4N3O3/c22-15-3-1-13(2-4-15)18-11-27-20(31-18)8-7-19(29)28-16-5-6-17(14(9-16)10-26)30-12-21(23,24)25/h1-6,9,11H,7-8,12H2,(H,28,29). The van der Waals surface area contributed by atoms with E-state index in [1.54, 1.807) is 18.2 Å². The van der Waals surface area contributed by atoms with Gasteiger partial charge in [0.15, 0.2) is 18.3 Å². The highest BCUT2D eigenvalue weighted by Crippen LogP contribution is 2.25. The van der Waals surface area contributed by atoms with Crippen LogP contribution in [0.2, 0.25) is 0 Å². The maximum Gasteiger partial charge on any atom is 0.422 e. The van der Waals surface area contributed by atoms with E-state index >= 15 is 0 Å². The number of nitriles is 1. The minimum absolute atomic E-state index is 0.0115. The van der Waals surface area contributed by atoms with Crippen molar-refractivity contribution in [3.63, 3.8) is 0 Å². The number of alkyl halides is 3. The molecule has 0 radical (unpaired) electrons. The van der Waals surface area contributed by atoms with Gasteiger partial charge >= 0.3 is 6.18 Å². The third-order valence-electron chi connectivity index (χ3n) is 4.02. The lowest BCUT2D eigenvalue weighted by molar-refractivity contribution is -0.153. The quantitative estimate of drug-likeness (QED) is 0.538. The van der Waals surface area contributed by atoms with E-state index in [2.05, 4.69) is 15.0 Å². The Morgan fingerprint density at radius 1 is 1.19 bits per heavy atom. The summed E-state index contributed by atoms with van der Waals surface area (Å²) in [4.78, 5) is 16.2. The monoisotopic (exact) mass is 433 g/mol. The Morgan fingerprint density at radius 3 is 2.61 bits per heavy atom. The molecule has 0 aliphatic heterocycles. The van der Waals surface area contributed by atoms with E-state index in [0.29, 0.717) is 17.2 Å². The summed E-state index contributed by atoms with van der Waals surface area (Å²) in [6.07, 6.45) is -2.86. The average Bonchev–Trinajstić information content (AvgIpc) is 3.20. The van der Waals surface area contributed by atoms with Gasteiger partial charge in [-0.3, -0.25) is 4.79 Å². The molecule has 0 unspecified atom stereocenters. The molecule has 1 heterocycles. The topological polar surface area (TPSA) is 88.2 Å². The molecule has 0 bridgehead atoms. The number of benzene rings is 2. The van der Waals surface area contributed by atoms with E-state index in [9.17, 15) is 22.4 Å². The molecule has 2 aromatic carbocycles. The van der Waals surface area contributed by atoms with Gasteiger partial charge in [0.25, 0.3) is 0 Å². The van der Waals surface area contributed by atoms with Crippen molar-refractivity contribution in [1.82, 2.24) is 4.98 Å². The number of amides is 1. The van der Waals surface area contributed by atoms with E-state index in [0.717, 1.165) is 0 Å². The van der Waals surface area contributed by atoms with Gasteiger partial charge in [0.05, 0.1) is 11.8 Å². The van der Waals surface area contributed by atoms with Crippen LogP contribution in [0.4, 0.5) is 23.2 Å². The van der Waals surface area contributed by atoms with Gasteiger partial charge in [-0.05, 0) is 42.5 Å². The number of carbonyl (C=O) groups excluding carboxylic acids is 1. The van der Waals surface area contributed by atoms with Crippen molar-refractivity contribution in [2.75, 3.05) is 11.9 Å². The van der Waals surface area contributed by atoms with Gasteiger partial charge in [0.1, 0.15) is 17.6 Å². The Kier molecular flexibility index (Phi) is 6.55. The Bertz CT molecular complexity index is 1100. The minimum Gasteiger partial charge on any atom is -0.483 e. The molecule has 10 heteroatoms. The molecule has 31 heavy (non-hydrogen) atoms. The molecule has 1 aromatic heterocycles. The molecule has 0 aliphatic carbocycles. The summed E-state index contributed by atoms with van der Waals surface area (Å²) < 4.78 is 60.0. The molecule has 1 N–H and O–H groups in total. The predicted octanol–water partition coefficient (Wildman–Crippen LogP) is 4.86. The summed E-state index contributed by atoms with van der Waals surface area (Å²) in [5, 5.41) is 11.7. The fourth-order valence-corrected chi connectivity index (χ4v) is 2.60. The summed E-state index contributed by atoms with van der Waals surface area (Å²) in [7, 11) is 0.